The highest BCUT2D eigenvalue weighted by atomic mass is 35.5. The molecule has 1 aliphatic heterocycles. The van der Waals surface area contributed by atoms with E-state index in [-0.39, 0.29) is 5.43 Å². The maximum absolute atomic E-state index is 12.5. The number of benzene rings is 1. The number of ether oxygens (including phenoxy) is 1. The number of halogens is 1. The number of carbonyl (C=O) groups is 1. The van der Waals surface area contributed by atoms with Crippen molar-refractivity contribution < 1.29 is 9.53 Å². The summed E-state index contributed by atoms with van der Waals surface area (Å²) in [6.45, 7) is 1.37. The number of nitrogens with one attached hydrogen (secondary N) is 1. The summed E-state index contributed by atoms with van der Waals surface area (Å²) in [7, 11) is 0. The number of fused-ring (bicyclic) bond motifs is 1. The van der Waals surface area contributed by atoms with Crippen molar-refractivity contribution in [3.63, 3.8) is 0 Å². The molecule has 1 atom stereocenters. The van der Waals surface area contributed by atoms with Gasteiger partial charge in [0.2, 0.25) is 6.41 Å². The van der Waals surface area contributed by atoms with E-state index in [0.717, 1.165) is 11.9 Å². The van der Waals surface area contributed by atoms with Crippen LogP contribution in [0.4, 0.5) is 0 Å². The third-order valence-corrected chi connectivity index (χ3v) is 3.70. The molecule has 1 N–H and O–H groups in total. The van der Waals surface area contributed by atoms with E-state index in [9.17, 15) is 9.59 Å². The van der Waals surface area contributed by atoms with Crippen LogP contribution < -0.4 is 5.43 Å². The third-order valence-electron chi connectivity index (χ3n) is 3.47. The Hall–Kier alpha value is -1.85. The van der Waals surface area contributed by atoms with Gasteiger partial charge in [0.25, 0.3) is 0 Å². The lowest BCUT2D eigenvalue weighted by Crippen LogP contribution is -2.38. The predicted octanol–water partition coefficient (Wildman–Crippen LogP) is 1.71. The van der Waals surface area contributed by atoms with Gasteiger partial charge in [-0.1, -0.05) is 11.6 Å². The molecule has 0 saturated carbocycles. The number of hydrogen-bond acceptors (Lipinski definition) is 3. The number of aromatic nitrogens is 1. The molecule has 2 heterocycles. The Morgan fingerprint density at radius 3 is 3.10 bits per heavy atom. The summed E-state index contributed by atoms with van der Waals surface area (Å²) >= 11 is 5.94. The summed E-state index contributed by atoms with van der Waals surface area (Å²) in [4.78, 5) is 28.0. The standard InChI is InChI=1S/C14H13ClN2O3/c15-9-1-2-12-10(5-9)14(19)11(6-16-12)13-7-17(8-18)3-4-20-13/h1-2,5-6,8,13H,3-4,7H2,(H,16,19). The zero-order chi connectivity index (χ0) is 14.1. The SMILES string of the molecule is O=CN1CCOC(c2c[nH]c3ccc(Cl)cc3c2=O)C1. The highest BCUT2D eigenvalue weighted by Gasteiger charge is 2.23. The van der Waals surface area contributed by atoms with Crippen LogP contribution in [0.15, 0.2) is 29.2 Å². The van der Waals surface area contributed by atoms with Gasteiger partial charge >= 0.3 is 0 Å². The molecule has 2 aromatic rings. The molecule has 0 aliphatic carbocycles. The molecule has 1 aromatic carbocycles. The number of H-pyrrole nitrogens is 1. The van der Waals surface area contributed by atoms with E-state index in [0.29, 0.717) is 35.7 Å². The van der Waals surface area contributed by atoms with Crippen LogP contribution >= 0.6 is 11.6 Å². The van der Waals surface area contributed by atoms with Crippen LogP contribution in [0.5, 0.6) is 0 Å². The number of nitrogens with zero attached hydrogens (tertiary/aromatic N) is 1. The zero-order valence-electron chi connectivity index (χ0n) is 10.6. The Morgan fingerprint density at radius 1 is 1.45 bits per heavy atom. The Bertz CT molecular complexity index is 713. The maximum atomic E-state index is 12.5. The third kappa shape index (κ3) is 2.30. The van der Waals surface area contributed by atoms with Crippen LogP contribution in [-0.4, -0.2) is 36.0 Å². The van der Waals surface area contributed by atoms with E-state index in [1.165, 1.54) is 0 Å². The normalized spacial score (nSPS) is 19.2. The number of morpholine rings is 1. The summed E-state index contributed by atoms with van der Waals surface area (Å²) in [5, 5.41) is 1.04. The second kappa shape index (κ2) is 5.26. The minimum Gasteiger partial charge on any atom is -0.370 e. The first-order chi connectivity index (χ1) is 9.69. The van der Waals surface area contributed by atoms with Crippen molar-refractivity contribution in [2.24, 2.45) is 0 Å². The number of hydrogen-bond donors (Lipinski definition) is 1. The number of carbonyl (C=O) groups excluding carboxylic acids is 1. The van der Waals surface area contributed by atoms with Crippen LogP contribution in [-0.2, 0) is 9.53 Å². The molecule has 1 aromatic heterocycles. The monoisotopic (exact) mass is 292 g/mol. The molecule has 1 amide bonds. The quantitative estimate of drug-likeness (QED) is 0.857. The first-order valence-corrected chi connectivity index (χ1v) is 6.68. The average Bonchev–Trinajstić information content (AvgIpc) is 2.48. The second-order valence-electron chi connectivity index (χ2n) is 4.72. The number of pyridine rings is 1. The molecule has 1 saturated heterocycles. The highest BCUT2D eigenvalue weighted by molar-refractivity contribution is 6.31. The molecule has 1 fully saturated rings. The average molecular weight is 293 g/mol. The zero-order valence-corrected chi connectivity index (χ0v) is 11.4. The Balaban J connectivity index is 2.05. The topological polar surface area (TPSA) is 62.4 Å². The molecule has 104 valence electrons. The van der Waals surface area contributed by atoms with Gasteiger partial charge in [-0.25, -0.2) is 0 Å². The summed E-state index contributed by atoms with van der Waals surface area (Å²) in [5.74, 6) is 0. The van der Waals surface area contributed by atoms with Crippen LogP contribution in [0, 0.1) is 0 Å². The summed E-state index contributed by atoms with van der Waals surface area (Å²) < 4.78 is 5.60. The predicted molar refractivity (Wildman–Crippen MR) is 75.9 cm³/mol. The van der Waals surface area contributed by atoms with Crippen molar-refractivity contribution in [3.8, 4) is 0 Å². The molecule has 0 bridgehead atoms. The Morgan fingerprint density at radius 2 is 2.30 bits per heavy atom. The maximum Gasteiger partial charge on any atom is 0.209 e. The van der Waals surface area contributed by atoms with Crippen molar-refractivity contribution in [3.05, 3.63) is 45.2 Å². The minimum atomic E-state index is -0.402. The molecule has 6 heteroatoms. The molecule has 1 unspecified atom stereocenters. The van der Waals surface area contributed by atoms with Gasteiger partial charge in [-0.05, 0) is 18.2 Å². The number of aromatic amines is 1. The lowest BCUT2D eigenvalue weighted by molar-refractivity contribution is -0.125. The molecule has 5 nitrogen and oxygen atoms in total. The summed E-state index contributed by atoms with van der Waals surface area (Å²) in [5.41, 5.74) is 1.14. The first kappa shape index (κ1) is 13.1. The molecule has 0 radical (unpaired) electrons. The van der Waals surface area contributed by atoms with Gasteiger partial charge in [0.15, 0.2) is 5.43 Å². The molecule has 3 rings (SSSR count). The van der Waals surface area contributed by atoms with Gasteiger partial charge in [0.05, 0.1) is 13.2 Å². The van der Waals surface area contributed by atoms with Gasteiger partial charge in [0.1, 0.15) is 6.10 Å². The van der Waals surface area contributed by atoms with Crippen LogP contribution in [0.1, 0.15) is 11.7 Å². The Kier molecular flexibility index (Phi) is 3.46. The summed E-state index contributed by atoms with van der Waals surface area (Å²) in [6.07, 6.45) is 2.03. The molecule has 0 spiro atoms. The molecule has 1 aliphatic rings. The van der Waals surface area contributed by atoms with E-state index >= 15 is 0 Å². The first-order valence-electron chi connectivity index (χ1n) is 6.31. The van der Waals surface area contributed by atoms with Crippen molar-refractivity contribution in [1.29, 1.82) is 0 Å². The molecular formula is C14H13ClN2O3. The second-order valence-corrected chi connectivity index (χ2v) is 5.16. The van der Waals surface area contributed by atoms with Gasteiger partial charge in [0, 0.05) is 34.2 Å². The van der Waals surface area contributed by atoms with E-state index in [2.05, 4.69) is 4.98 Å². The largest absolute Gasteiger partial charge is 0.370 e. The van der Waals surface area contributed by atoms with E-state index in [1.807, 2.05) is 0 Å². The summed E-state index contributed by atoms with van der Waals surface area (Å²) in [6, 6.07) is 5.13. The van der Waals surface area contributed by atoms with Gasteiger partial charge in [-0.15, -0.1) is 0 Å². The van der Waals surface area contributed by atoms with Crippen molar-refractivity contribution in [2.45, 2.75) is 6.10 Å². The van der Waals surface area contributed by atoms with Crippen LogP contribution in [0.2, 0.25) is 5.02 Å². The van der Waals surface area contributed by atoms with Crippen molar-refractivity contribution >= 4 is 28.9 Å². The van der Waals surface area contributed by atoms with Gasteiger partial charge in [-0.2, -0.15) is 0 Å². The van der Waals surface area contributed by atoms with Gasteiger partial charge in [-0.3, -0.25) is 9.59 Å². The smallest absolute Gasteiger partial charge is 0.209 e. The van der Waals surface area contributed by atoms with E-state index in [4.69, 9.17) is 16.3 Å². The van der Waals surface area contributed by atoms with Crippen LogP contribution in [0.25, 0.3) is 10.9 Å². The fourth-order valence-electron chi connectivity index (χ4n) is 2.40. The number of rotatable bonds is 2. The highest BCUT2D eigenvalue weighted by Crippen LogP contribution is 2.21. The fourth-order valence-corrected chi connectivity index (χ4v) is 2.57. The lowest BCUT2D eigenvalue weighted by Gasteiger charge is -2.30. The number of amides is 1. The Labute approximate surface area is 120 Å². The van der Waals surface area contributed by atoms with Crippen LogP contribution in [0.3, 0.4) is 0 Å². The van der Waals surface area contributed by atoms with Gasteiger partial charge < -0.3 is 14.6 Å². The minimum absolute atomic E-state index is 0.112. The molecular weight excluding hydrogens is 280 g/mol. The van der Waals surface area contributed by atoms with E-state index < -0.39 is 6.10 Å². The lowest BCUT2D eigenvalue weighted by atomic mass is 10.1. The van der Waals surface area contributed by atoms with Crippen molar-refractivity contribution in [1.82, 2.24) is 9.88 Å². The molecule has 20 heavy (non-hydrogen) atoms. The van der Waals surface area contributed by atoms with Crippen molar-refractivity contribution in [2.75, 3.05) is 19.7 Å². The fraction of sp³-hybridized carbons (Fsp3) is 0.286. The van der Waals surface area contributed by atoms with E-state index in [1.54, 1.807) is 29.3 Å².